The van der Waals surface area contributed by atoms with Crippen LogP contribution < -0.4 is 10.5 Å². The fraction of sp³-hybridized carbons (Fsp3) is 0.500. The predicted molar refractivity (Wildman–Crippen MR) is 68.7 cm³/mol. The molecule has 0 heterocycles. The summed E-state index contributed by atoms with van der Waals surface area (Å²) in [7, 11) is 0. The SMILES string of the molecule is Cc1ccc(F)cc1OCCCCC(C)(N)C#N. The van der Waals surface area contributed by atoms with Crippen molar-refractivity contribution in [2.45, 2.75) is 38.6 Å². The topological polar surface area (TPSA) is 59.0 Å². The molecule has 1 unspecified atom stereocenters. The van der Waals surface area contributed by atoms with Crippen molar-refractivity contribution in [3.63, 3.8) is 0 Å². The summed E-state index contributed by atoms with van der Waals surface area (Å²) in [4.78, 5) is 0. The van der Waals surface area contributed by atoms with Crippen LogP contribution in [0.15, 0.2) is 18.2 Å². The number of nitrogens with two attached hydrogens (primary N) is 1. The number of benzene rings is 1. The highest BCUT2D eigenvalue weighted by Crippen LogP contribution is 2.19. The molecule has 0 spiro atoms. The van der Waals surface area contributed by atoms with E-state index in [9.17, 15) is 4.39 Å². The molecule has 98 valence electrons. The van der Waals surface area contributed by atoms with E-state index in [2.05, 4.69) is 6.07 Å². The van der Waals surface area contributed by atoms with E-state index < -0.39 is 5.54 Å². The number of hydrogen-bond acceptors (Lipinski definition) is 3. The Morgan fingerprint density at radius 2 is 2.17 bits per heavy atom. The van der Waals surface area contributed by atoms with Gasteiger partial charge in [-0.2, -0.15) is 5.26 Å². The Kier molecular flexibility index (Phi) is 5.11. The maximum Gasteiger partial charge on any atom is 0.126 e. The minimum atomic E-state index is -0.769. The van der Waals surface area contributed by atoms with Gasteiger partial charge in [-0.3, -0.25) is 0 Å². The number of hydrogen-bond donors (Lipinski definition) is 1. The molecule has 0 aliphatic rings. The van der Waals surface area contributed by atoms with Crippen molar-refractivity contribution in [2.75, 3.05) is 6.61 Å². The van der Waals surface area contributed by atoms with Crippen LogP contribution in [0.25, 0.3) is 0 Å². The summed E-state index contributed by atoms with van der Waals surface area (Å²) < 4.78 is 18.5. The van der Waals surface area contributed by atoms with Gasteiger partial charge in [0.1, 0.15) is 17.1 Å². The molecule has 1 aromatic carbocycles. The van der Waals surface area contributed by atoms with Gasteiger partial charge >= 0.3 is 0 Å². The molecule has 0 aliphatic heterocycles. The first-order valence-electron chi connectivity index (χ1n) is 6.04. The lowest BCUT2D eigenvalue weighted by Gasteiger charge is -2.15. The monoisotopic (exact) mass is 250 g/mol. The average molecular weight is 250 g/mol. The molecule has 18 heavy (non-hydrogen) atoms. The summed E-state index contributed by atoms with van der Waals surface area (Å²) in [5, 5.41) is 8.75. The van der Waals surface area contributed by atoms with Gasteiger partial charge in [-0.1, -0.05) is 6.07 Å². The van der Waals surface area contributed by atoms with Crippen molar-refractivity contribution in [2.24, 2.45) is 5.73 Å². The number of aryl methyl sites for hydroxylation is 1. The van der Waals surface area contributed by atoms with E-state index in [1.54, 1.807) is 13.0 Å². The Morgan fingerprint density at radius 3 is 2.83 bits per heavy atom. The first kappa shape index (κ1) is 14.5. The fourth-order valence-corrected chi connectivity index (χ4v) is 1.56. The third kappa shape index (κ3) is 4.72. The van der Waals surface area contributed by atoms with E-state index in [1.807, 2.05) is 6.92 Å². The maximum atomic E-state index is 13.0. The molecule has 0 fully saturated rings. The average Bonchev–Trinajstić information content (AvgIpc) is 2.33. The van der Waals surface area contributed by atoms with Crippen LogP contribution in [0.4, 0.5) is 4.39 Å². The molecule has 0 saturated heterocycles. The normalized spacial score (nSPS) is 13.7. The van der Waals surface area contributed by atoms with Gasteiger partial charge in [0.05, 0.1) is 12.7 Å². The number of halogens is 1. The highest BCUT2D eigenvalue weighted by Gasteiger charge is 2.15. The van der Waals surface area contributed by atoms with E-state index >= 15 is 0 Å². The van der Waals surface area contributed by atoms with Gasteiger partial charge in [0, 0.05) is 6.07 Å². The maximum absolute atomic E-state index is 13.0. The number of nitrogens with zero attached hydrogens (tertiary/aromatic N) is 1. The summed E-state index contributed by atoms with van der Waals surface area (Å²) in [6.07, 6.45) is 2.24. The van der Waals surface area contributed by atoms with Gasteiger partial charge in [-0.25, -0.2) is 4.39 Å². The Balaban J connectivity index is 2.30. The highest BCUT2D eigenvalue weighted by molar-refractivity contribution is 5.32. The lowest BCUT2D eigenvalue weighted by atomic mass is 9.98. The summed E-state index contributed by atoms with van der Waals surface area (Å²) >= 11 is 0. The van der Waals surface area contributed by atoms with Crippen LogP contribution >= 0.6 is 0 Å². The predicted octanol–water partition coefficient (Wildman–Crippen LogP) is 2.92. The van der Waals surface area contributed by atoms with Gasteiger partial charge in [-0.05, 0) is 44.7 Å². The van der Waals surface area contributed by atoms with Crippen molar-refractivity contribution in [3.8, 4) is 11.8 Å². The molecule has 0 aromatic heterocycles. The molecule has 1 aromatic rings. The van der Waals surface area contributed by atoms with Crippen LogP contribution in [0.1, 0.15) is 31.7 Å². The summed E-state index contributed by atoms with van der Waals surface area (Å²) in [6, 6.07) is 6.54. The molecule has 3 nitrogen and oxygen atoms in total. The largest absolute Gasteiger partial charge is 0.493 e. The zero-order valence-corrected chi connectivity index (χ0v) is 10.9. The molecule has 0 radical (unpaired) electrons. The molecule has 1 atom stereocenters. The Hall–Kier alpha value is -1.60. The van der Waals surface area contributed by atoms with Crippen molar-refractivity contribution in [3.05, 3.63) is 29.6 Å². The van der Waals surface area contributed by atoms with Crippen LogP contribution in [-0.4, -0.2) is 12.1 Å². The summed E-state index contributed by atoms with van der Waals surface area (Å²) in [5.74, 6) is 0.278. The minimum Gasteiger partial charge on any atom is -0.493 e. The smallest absolute Gasteiger partial charge is 0.126 e. The molecule has 1 rings (SSSR count). The molecule has 0 aliphatic carbocycles. The van der Waals surface area contributed by atoms with Crippen molar-refractivity contribution < 1.29 is 9.13 Å². The van der Waals surface area contributed by atoms with Gasteiger partial charge in [0.15, 0.2) is 0 Å². The molecule has 0 bridgehead atoms. The first-order valence-corrected chi connectivity index (χ1v) is 6.04. The zero-order valence-electron chi connectivity index (χ0n) is 10.9. The second kappa shape index (κ2) is 6.36. The lowest BCUT2D eigenvalue weighted by molar-refractivity contribution is 0.297. The van der Waals surface area contributed by atoms with E-state index in [0.717, 1.165) is 18.4 Å². The quantitative estimate of drug-likeness (QED) is 0.790. The van der Waals surface area contributed by atoms with Crippen LogP contribution in [0.2, 0.25) is 0 Å². The van der Waals surface area contributed by atoms with E-state index in [0.29, 0.717) is 18.8 Å². The first-order chi connectivity index (χ1) is 8.44. The minimum absolute atomic E-state index is 0.297. The Labute approximate surface area is 107 Å². The zero-order chi connectivity index (χ0) is 13.6. The summed E-state index contributed by atoms with van der Waals surface area (Å²) in [5.41, 5.74) is 5.85. The van der Waals surface area contributed by atoms with Crippen LogP contribution in [0, 0.1) is 24.1 Å². The number of nitriles is 1. The van der Waals surface area contributed by atoms with Crippen LogP contribution in [0.5, 0.6) is 5.75 Å². The third-order valence-corrected chi connectivity index (χ3v) is 2.75. The van der Waals surface area contributed by atoms with Crippen molar-refractivity contribution >= 4 is 0 Å². The number of unbranched alkanes of at least 4 members (excludes halogenated alkanes) is 1. The Morgan fingerprint density at radius 1 is 1.44 bits per heavy atom. The lowest BCUT2D eigenvalue weighted by Crippen LogP contribution is -2.33. The molecule has 0 saturated carbocycles. The van der Waals surface area contributed by atoms with E-state index in [4.69, 9.17) is 15.7 Å². The van der Waals surface area contributed by atoms with Crippen molar-refractivity contribution in [1.29, 1.82) is 5.26 Å². The number of rotatable bonds is 6. The molecule has 0 amide bonds. The third-order valence-electron chi connectivity index (χ3n) is 2.75. The van der Waals surface area contributed by atoms with Gasteiger partial charge < -0.3 is 10.5 Å². The standard InChI is InChI=1S/C14H19FN2O/c1-11-5-6-12(15)9-13(11)18-8-4-3-7-14(2,17)10-16/h5-6,9H,3-4,7-8,17H2,1-2H3. The highest BCUT2D eigenvalue weighted by atomic mass is 19.1. The van der Waals surface area contributed by atoms with E-state index in [1.165, 1.54) is 12.1 Å². The van der Waals surface area contributed by atoms with Gasteiger partial charge in [-0.15, -0.1) is 0 Å². The van der Waals surface area contributed by atoms with Crippen LogP contribution in [-0.2, 0) is 0 Å². The molecule has 2 N–H and O–H groups in total. The fourth-order valence-electron chi connectivity index (χ4n) is 1.56. The number of ether oxygens (including phenoxy) is 1. The Bertz CT molecular complexity index is 438. The molecular formula is C14H19FN2O. The van der Waals surface area contributed by atoms with Gasteiger partial charge in [0.2, 0.25) is 0 Å². The second-order valence-electron chi connectivity index (χ2n) is 4.74. The molecular weight excluding hydrogens is 231 g/mol. The van der Waals surface area contributed by atoms with Crippen molar-refractivity contribution in [1.82, 2.24) is 0 Å². The molecule has 4 heteroatoms. The van der Waals surface area contributed by atoms with Crippen LogP contribution in [0.3, 0.4) is 0 Å². The summed E-state index contributed by atoms with van der Waals surface area (Å²) in [6.45, 7) is 4.10. The second-order valence-corrected chi connectivity index (χ2v) is 4.74. The van der Waals surface area contributed by atoms with Gasteiger partial charge in [0.25, 0.3) is 0 Å². The van der Waals surface area contributed by atoms with E-state index in [-0.39, 0.29) is 5.82 Å².